The van der Waals surface area contributed by atoms with E-state index in [4.69, 9.17) is 0 Å². The zero-order valence-corrected chi connectivity index (χ0v) is 12.7. The summed E-state index contributed by atoms with van der Waals surface area (Å²) in [4.78, 5) is 4.39. The minimum absolute atomic E-state index is 0.567. The van der Waals surface area contributed by atoms with E-state index in [0.717, 1.165) is 25.5 Å². The molecule has 3 nitrogen and oxygen atoms in total. The molecule has 1 unspecified atom stereocenters. The first-order chi connectivity index (χ1) is 9.66. The van der Waals surface area contributed by atoms with Crippen molar-refractivity contribution >= 4 is 5.95 Å². The highest BCUT2D eigenvalue weighted by atomic mass is 15.2. The van der Waals surface area contributed by atoms with Crippen LogP contribution in [-0.4, -0.2) is 16.1 Å². The highest BCUT2D eigenvalue weighted by Crippen LogP contribution is 2.18. The van der Waals surface area contributed by atoms with Gasteiger partial charge in [-0.25, -0.2) is 4.98 Å². The third-order valence-corrected chi connectivity index (χ3v) is 3.51. The standard InChI is InChI=1S/C17H25N3/c1-14(2)13-20-12-11-19-17(20)18-10-9-15(3)16-7-5-4-6-8-16/h4-8,11-12,14-15H,9-10,13H2,1-3H3,(H,18,19). The van der Waals surface area contributed by atoms with Crippen molar-refractivity contribution in [3.8, 4) is 0 Å². The summed E-state index contributed by atoms with van der Waals surface area (Å²) >= 11 is 0. The molecule has 0 amide bonds. The highest BCUT2D eigenvalue weighted by molar-refractivity contribution is 5.26. The topological polar surface area (TPSA) is 29.9 Å². The number of imidazole rings is 1. The molecule has 108 valence electrons. The first-order valence-electron chi connectivity index (χ1n) is 7.46. The number of rotatable bonds is 7. The molecule has 1 aromatic heterocycles. The lowest BCUT2D eigenvalue weighted by Gasteiger charge is -2.14. The second kappa shape index (κ2) is 7.13. The molecule has 1 atom stereocenters. The minimum atomic E-state index is 0.567. The fourth-order valence-corrected chi connectivity index (χ4v) is 2.37. The van der Waals surface area contributed by atoms with Gasteiger partial charge in [-0.2, -0.15) is 0 Å². The molecule has 0 aliphatic heterocycles. The Kier molecular flexibility index (Phi) is 5.22. The Labute approximate surface area is 122 Å². The van der Waals surface area contributed by atoms with Crippen LogP contribution >= 0.6 is 0 Å². The molecule has 0 spiro atoms. The Morgan fingerprint density at radius 3 is 2.60 bits per heavy atom. The average molecular weight is 271 g/mol. The zero-order chi connectivity index (χ0) is 14.4. The minimum Gasteiger partial charge on any atom is -0.356 e. The van der Waals surface area contributed by atoms with Crippen molar-refractivity contribution in [1.82, 2.24) is 9.55 Å². The number of aromatic nitrogens is 2. The maximum Gasteiger partial charge on any atom is 0.202 e. The summed E-state index contributed by atoms with van der Waals surface area (Å²) in [6.07, 6.45) is 5.02. The summed E-state index contributed by atoms with van der Waals surface area (Å²) in [6.45, 7) is 8.68. The van der Waals surface area contributed by atoms with Crippen LogP contribution in [0.1, 0.15) is 38.7 Å². The van der Waals surface area contributed by atoms with E-state index in [1.807, 2.05) is 12.4 Å². The van der Waals surface area contributed by atoms with Gasteiger partial charge in [-0.15, -0.1) is 0 Å². The molecule has 3 heteroatoms. The van der Waals surface area contributed by atoms with E-state index in [-0.39, 0.29) is 0 Å². The van der Waals surface area contributed by atoms with Gasteiger partial charge in [0.1, 0.15) is 0 Å². The van der Waals surface area contributed by atoms with E-state index in [1.54, 1.807) is 0 Å². The second-order valence-corrected chi connectivity index (χ2v) is 5.82. The zero-order valence-electron chi connectivity index (χ0n) is 12.7. The molecule has 1 heterocycles. The molecule has 0 bridgehead atoms. The summed E-state index contributed by atoms with van der Waals surface area (Å²) in [6, 6.07) is 10.7. The third kappa shape index (κ3) is 4.12. The van der Waals surface area contributed by atoms with Crippen LogP contribution in [0.25, 0.3) is 0 Å². The van der Waals surface area contributed by atoms with E-state index in [2.05, 4.69) is 66.0 Å². The summed E-state index contributed by atoms with van der Waals surface area (Å²) in [5.41, 5.74) is 1.40. The van der Waals surface area contributed by atoms with Crippen LogP contribution in [-0.2, 0) is 6.54 Å². The maximum atomic E-state index is 4.39. The van der Waals surface area contributed by atoms with Crippen LogP contribution in [0.15, 0.2) is 42.7 Å². The number of nitrogens with zero attached hydrogens (tertiary/aromatic N) is 2. The van der Waals surface area contributed by atoms with Gasteiger partial charge in [0.2, 0.25) is 5.95 Å². The second-order valence-electron chi connectivity index (χ2n) is 5.82. The van der Waals surface area contributed by atoms with Crippen LogP contribution in [0, 0.1) is 5.92 Å². The van der Waals surface area contributed by atoms with E-state index in [1.165, 1.54) is 5.56 Å². The number of hydrogen-bond acceptors (Lipinski definition) is 2. The Balaban J connectivity index is 1.83. The number of benzene rings is 1. The molecule has 1 aromatic carbocycles. The molecular formula is C17H25N3. The summed E-state index contributed by atoms with van der Waals surface area (Å²) in [5, 5.41) is 3.45. The summed E-state index contributed by atoms with van der Waals surface area (Å²) in [7, 11) is 0. The van der Waals surface area contributed by atoms with Crippen molar-refractivity contribution in [2.75, 3.05) is 11.9 Å². The number of hydrogen-bond donors (Lipinski definition) is 1. The molecule has 1 N–H and O–H groups in total. The van der Waals surface area contributed by atoms with E-state index >= 15 is 0 Å². The molecule has 2 rings (SSSR count). The van der Waals surface area contributed by atoms with Crippen LogP contribution in [0.4, 0.5) is 5.95 Å². The van der Waals surface area contributed by atoms with Gasteiger partial charge >= 0.3 is 0 Å². The van der Waals surface area contributed by atoms with Gasteiger partial charge in [0.05, 0.1) is 0 Å². The predicted octanol–water partition coefficient (Wildman–Crippen LogP) is 4.14. The van der Waals surface area contributed by atoms with Gasteiger partial charge in [0.25, 0.3) is 0 Å². The molecule has 0 saturated heterocycles. The van der Waals surface area contributed by atoms with Gasteiger partial charge < -0.3 is 9.88 Å². The molecular weight excluding hydrogens is 246 g/mol. The predicted molar refractivity (Wildman–Crippen MR) is 85.0 cm³/mol. The Hall–Kier alpha value is -1.77. The normalized spacial score (nSPS) is 12.6. The molecule has 0 saturated carbocycles. The van der Waals surface area contributed by atoms with Crippen LogP contribution in [0.3, 0.4) is 0 Å². The average Bonchev–Trinajstić information content (AvgIpc) is 2.86. The molecule has 0 fully saturated rings. The van der Waals surface area contributed by atoms with Crippen molar-refractivity contribution in [1.29, 1.82) is 0 Å². The van der Waals surface area contributed by atoms with Gasteiger partial charge in [-0.3, -0.25) is 0 Å². The lowest BCUT2D eigenvalue weighted by molar-refractivity contribution is 0.525. The van der Waals surface area contributed by atoms with Crippen LogP contribution in [0.5, 0.6) is 0 Å². The SMILES string of the molecule is CC(C)Cn1ccnc1NCCC(C)c1ccccc1. The van der Waals surface area contributed by atoms with Crippen LogP contribution in [0.2, 0.25) is 0 Å². The van der Waals surface area contributed by atoms with Gasteiger partial charge in [-0.05, 0) is 23.8 Å². The van der Waals surface area contributed by atoms with Crippen LogP contribution < -0.4 is 5.32 Å². The lowest BCUT2D eigenvalue weighted by atomic mass is 9.98. The number of anilines is 1. The maximum absolute atomic E-state index is 4.39. The van der Waals surface area contributed by atoms with E-state index in [9.17, 15) is 0 Å². The van der Waals surface area contributed by atoms with Gasteiger partial charge in [-0.1, -0.05) is 51.1 Å². The fraction of sp³-hybridized carbons (Fsp3) is 0.471. The Morgan fingerprint density at radius 1 is 1.15 bits per heavy atom. The smallest absolute Gasteiger partial charge is 0.202 e. The van der Waals surface area contributed by atoms with Crippen molar-refractivity contribution < 1.29 is 0 Å². The molecule has 0 radical (unpaired) electrons. The van der Waals surface area contributed by atoms with Gasteiger partial charge in [0, 0.05) is 25.5 Å². The van der Waals surface area contributed by atoms with Gasteiger partial charge in [0.15, 0.2) is 0 Å². The monoisotopic (exact) mass is 271 g/mol. The Morgan fingerprint density at radius 2 is 1.90 bits per heavy atom. The summed E-state index contributed by atoms with van der Waals surface area (Å²) in [5.74, 6) is 2.18. The van der Waals surface area contributed by atoms with Crippen molar-refractivity contribution in [2.45, 2.75) is 39.7 Å². The largest absolute Gasteiger partial charge is 0.356 e. The lowest BCUT2D eigenvalue weighted by Crippen LogP contribution is -2.12. The molecule has 0 aliphatic rings. The van der Waals surface area contributed by atoms with E-state index < -0.39 is 0 Å². The van der Waals surface area contributed by atoms with Crippen molar-refractivity contribution in [2.24, 2.45) is 5.92 Å². The van der Waals surface area contributed by atoms with Crippen molar-refractivity contribution in [3.05, 3.63) is 48.3 Å². The molecule has 2 aromatic rings. The Bertz CT molecular complexity index is 502. The first-order valence-corrected chi connectivity index (χ1v) is 7.46. The number of nitrogens with one attached hydrogen (secondary N) is 1. The molecule has 20 heavy (non-hydrogen) atoms. The van der Waals surface area contributed by atoms with E-state index in [0.29, 0.717) is 11.8 Å². The third-order valence-electron chi connectivity index (χ3n) is 3.51. The molecule has 0 aliphatic carbocycles. The highest BCUT2D eigenvalue weighted by Gasteiger charge is 2.07. The summed E-state index contributed by atoms with van der Waals surface area (Å²) < 4.78 is 2.19. The quantitative estimate of drug-likeness (QED) is 0.820. The fourth-order valence-electron chi connectivity index (χ4n) is 2.37. The van der Waals surface area contributed by atoms with Crippen molar-refractivity contribution in [3.63, 3.8) is 0 Å². The first kappa shape index (κ1) is 14.6.